The van der Waals surface area contributed by atoms with Gasteiger partial charge in [-0.25, -0.2) is 4.98 Å². The zero-order chi connectivity index (χ0) is 13.3. The predicted octanol–water partition coefficient (Wildman–Crippen LogP) is 0.311. The molecule has 0 spiro atoms. The monoisotopic (exact) mass is 250 g/mol. The Hall–Kier alpha value is -1.69. The summed E-state index contributed by atoms with van der Waals surface area (Å²) in [5.41, 5.74) is 1.01. The van der Waals surface area contributed by atoms with E-state index in [1.807, 2.05) is 4.57 Å². The van der Waals surface area contributed by atoms with Gasteiger partial charge in [0.05, 0.1) is 24.5 Å². The number of carbonyl (C=O) groups excluding carboxylic acids is 2. The second-order valence-corrected chi connectivity index (χ2v) is 4.81. The third kappa shape index (κ3) is 2.28. The van der Waals surface area contributed by atoms with Crippen LogP contribution in [-0.2, 0) is 16.1 Å². The Labute approximate surface area is 106 Å². The van der Waals surface area contributed by atoms with Crippen LogP contribution in [0.25, 0.3) is 0 Å². The number of likely N-dealkylation sites (N-methyl/N-ethyl adjacent to an activating group) is 1. The zero-order valence-electron chi connectivity index (χ0n) is 10.9. The van der Waals surface area contributed by atoms with Gasteiger partial charge in [0, 0.05) is 25.8 Å². The molecule has 2 amide bonds. The van der Waals surface area contributed by atoms with E-state index in [0.29, 0.717) is 12.6 Å². The molecule has 6 heteroatoms. The van der Waals surface area contributed by atoms with E-state index in [-0.39, 0.29) is 18.2 Å². The molecule has 0 radical (unpaired) electrons. The third-order valence-corrected chi connectivity index (χ3v) is 3.21. The number of rotatable bonds is 4. The van der Waals surface area contributed by atoms with Gasteiger partial charge < -0.3 is 4.57 Å². The fourth-order valence-corrected chi connectivity index (χ4v) is 2.08. The highest BCUT2D eigenvalue weighted by molar-refractivity contribution is 6.05. The molecule has 6 nitrogen and oxygen atoms in total. The van der Waals surface area contributed by atoms with E-state index in [9.17, 15) is 9.59 Å². The average Bonchev–Trinajstić information content (AvgIpc) is 2.88. The van der Waals surface area contributed by atoms with Crippen molar-refractivity contribution in [2.75, 3.05) is 7.05 Å². The fourth-order valence-electron chi connectivity index (χ4n) is 2.08. The lowest BCUT2D eigenvalue weighted by Gasteiger charge is -2.14. The van der Waals surface area contributed by atoms with Crippen molar-refractivity contribution >= 4 is 11.8 Å². The lowest BCUT2D eigenvalue weighted by molar-refractivity contribution is -0.137. The molecule has 1 unspecified atom stereocenters. The Morgan fingerprint density at radius 2 is 2.22 bits per heavy atom. The van der Waals surface area contributed by atoms with Gasteiger partial charge in [-0.3, -0.25) is 19.8 Å². The van der Waals surface area contributed by atoms with Gasteiger partial charge in [-0.2, -0.15) is 0 Å². The van der Waals surface area contributed by atoms with E-state index < -0.39 is 6.04 Å². The van der Waals surface area contributed by atoms with Gasteiger partial charge in [-0.1, -0.05) is 0 Å². The number of imide groups is 1. The van der Waals surface area contributed by atoms with Gasteiger partial charge in [-0.15, -0.1) is 0 Å². The number of carbonyl (C=O) groups is 2. The normalized spacial score (nSPS) is 20.2. The molecule has 2 heterocycles. The maximum atomic E-state index is 11.7. The molecule has 18 heavy (non-hydrogen) atoms. The number of nitrogens with zero attached hydrogens (tertiary/aromatic N) is 3. The summed E-state index contributed by atoms with van der Waals surface area (Å²) in [6.45, 7) is 4.68. The van der Waals surface area contributed by atoms with Crippen LogP contribution in [-0.4, -0.2) is 39.4 Å². The summed E-state index contributed by atoms with van der Waals surface area (Å²) in [6, 6.07) is -0.0779. The topological polar surface area (TPSA) is 67.2 Å². The number of hydrogen-bond acceptors (Lipinski definition) is 4. The van der Waals surface area contributed by atoms with Crippen molar-refractivity contribution in [1.29, 1.82) is 0 Å². The molecule has 1 atom stereocenters. The largest absolute Gasteiger partial charge is 0.331 e. The van der Waals surface area contributed by atoms with Crippen molar-refractivity contribution in [2.24, 2.45) is 0 Å². The first-order valence-corrected chi connectivity index (χ1v) is 6.05. The van der Waals surface area contributed by atoms with E-state index in [0.717, 1.165) is 5.69 Å². The third-order valence-electron chi connectivity index (χ3n) is 3.21. The zero-order valence-corrected chi connectivity index (χ0v) is 10.9. The molecule has 1 aliphatic rings. The number of likely N-dealkylation sites (tertiary alicyclic amines) is 1. The van der Waals surface area contributed by atoms with Crippen LogP contribution < -0.4 is 5.32 Å². The van der Waals surface area contributed by atoms with E-state index in [2.05, 4.69) is 24.1 Å². The van der Waals surface area contributed by atoms with E-state index >= 15 is 0 Å². The summed E-state index contributed by atoms with van der Waals surface area (Å²) >= 11 is 0. The maximum Gasteiger partial charge on any atom is 0.246 e. The van der Waals surface area contributed by atoms with Gasteiger partial charge in [0.1, 0.15) is 0 Å². The lowest BCUT2D eigenvalue weighted by atomic mass is 10.2. The molecule has 0 aromatic carbocycles. The fraction of sp³-hybridized carbons (Fsp3) is 0.583. The summed E-state index contributed by atoms with van der Waals surface area (Å²) < 4.78 is 2.04. The predicted molar refractivity (Wildman–Crippen MR) is 65.6 cm³/mol. The lowest BCUT2D eigenvalue weighted by Crippen LogP contribution is -2.37. The SMILES string of the molecule is CC(C)n1cncc1CNC1CC(=O)N(C)C1=O. The molecule has 1 saturated heterocycles. The molecule has 1 aliphatic heterocycles. The molecule has 0 bridgehead atoms. The van der Waals surface area contributed by atoms with Gasteiger partial charge in [-0.05, 0) is 13.8 Å². The maximum absolute atomic E-state index is 11.7. The molecule has 98 valence electrons. The Morgan fingerprint density at radius 1 is 1.50 bits per heavy atom. The van der Waals surface area contributed by atoms with Crippen LogP contribution in [0.3, 0.4) is 0 Å². The molecule has 1 N–H and O–H groups in total. The summed E-state index contributed by atoms with van der Waals surface area (Å²) in [5.74, 6) is -0.287. The van der Waals surface area contributed by atoms with Crippen LogP contribution in [0.5, 0.6) is 0 Å². The summed E-state index contributed by atoms with van der Waals surface area (Å²) in [5, 5.41) is 3.12. The highest BCUT2D eigenvalue weighted by atomic mass is 16.2. The van der Waals surface area contributed by atoms with Crippen LogP contribution in [0.4, 0.5) is 0 Å². The first-order valence-electron chi connectivity index (χ1n) is 6.05. The number of nitrogens with one attached hydrogen (secondary N) is 1. The summed E-state index contributed by atoms with van der Waals surface area (Å²) in [7, 11) is 1.52. The van der Waals surface area contributed by atoms with Crippen molar-refractivity contribution in [3.05, 3.63) is 18.2 Å². The summed E-state index contributed by atoms with van der Waals surface area (Å²) in [4.78, 5) is 28.4. The van der Waals surface area contributed by atoms with Crippen molar-refractivity contribution in [2.45, 2.75) is 38.9 Å². The minimum absolute atomic E-state index is 0.130. The molecule has 2 rings (SSSR count). The first kappa shape index (κ1) is 12.8. The minimum atomic E-state index is -0.405. The Balaban J connectivity index is 1.98. The van der Waals surface area contributed by atoms with Crippen LogP contribution in [0.2, 0.25) is 0 Å². The number of hydrogen-bond donors (Lipinski definition) is 1. The summed E-state index contributed by atoms with van der Waals surface area (Å²) in [6.07, 6.45) is 3.79. The quantitative estimate of drug-likeness (QED) is 0.781. The van der Waals surface area contributed by atoms with Crippen molar-refractivity contribution in [3.8, 4) is 0 Å². The average molecular weight is 250 g/mol. The molecule has 0 aliphatic carbocycles. The molecule has 1 aromatic rings. The molecule has 1 fully saturated rings. The number of amides is 2. The van der Waals surface area contributed by atoms with Crippen LogP contribution >= 0.6 is 0 Å². The number of imidazole rings is 1. The number of aromatic nitrogens is 2. The van der Waals surface area contributed by atoms with E-state index in [1.165, 1.54) is 11.9 Å². The van der Waals surface area contributed by atoms with Gasteiger partial charge in [0.25, 0.3) is 0 Å². The van der Waals surface area contributed by atoms with Gasteiger partial charge in [0.2, 0.25) is 11.8 Å². The van der Waals surface area contributed by atoms with Crippen LogP contribution in [0, 0.1) is 0 Å². The Morgan fingerprint density at radius 3 is 2.78 bits per heavy atom. The highest BCUT2D eigenvalue weighted by Gasteiger charge is 2.35. The van der Waals surface area contributed by atoms with Gasteiger partial charge in [0.15, 0.2) is 0 Å². The smallest absolute Gasteiger partial charge is 0.246 e. The van der Waals surface area contributed by atoms with Crippen molar-refractivity contribution < 1.29 is 9.59 Å². The molecule has 0 saturated carbocycles. The van der Waals surface area contributed by atoms with E-state index in [4.69, 9.17) is 0 Å². The Kier molecular flexibility index (Phi) is 3.47. The first-order chi connectivity index (χ1) is 8.50. The van der Waals surface area contributed by atoms with Gasteiger partial charge >= 0.3 is 0 Å². The van der Waals surface area contributed by atoms with Crippen molar-refractivity contribution in [1.82, 2.24) is 19.8 Å². The van der Waals surface area contributed by atoms with E-state index in [1.54, 1.807) is 12.5 Å². The second-order valence-electron chi connectivity index (χ2n) is 4.81. The standard InChI is InChI=1S/C12H18N4O2/c1-8(2)16-7-13-5-9(16)6-14-10-4-11(17)15(3)12(10)18/h5,7-8,10,14H,4,6H2,1-3H3. The molecule has 1 aromatic heterocycles. The van der Waals surface area contributed by atoms with Crippen molar-refractivity contribution in [3.63, 3.8) is 0 Å². The molecular formula is C12H18N4O2. The van der Waals surface area contributed by atoms with Crippen LogP contribution in [0.15, 0.2) is 12.5 Å². The second kappa shape index (κ2) is 4.89. The van der Waals surface area contributed by atoms with Crippen LogP contribution in [0.1, 0.15) is 32.0 Å². The molecular weight excluding hydrogens is 232 g/mol. The highest BCUT2D eigenvalue weighted by Crippen LogP contribution is 2.13. The Bertz CT molecular complexity index is 466. The minimum Gasteiger partial charge on any atom is -0.331 e.